The van der Waals surface area contributed by atoms with Crippen molar-refractivity contribution in [3.8, 4) is 45.3 Å². The van der Waals surface area contributed by atoms with Gasteiger partial charge in [0.15, 0.2) is 17.5 Å². The van der Waals surface area contributed by atoms with Crippen molar-refractivity contribution < 1.29 is 23.9 Å². The van der Waals surface area contributed by atoms with Crippen LogP contribution in [0.2, 0.25) is 0 Å². The lowest BCUT2D eigenvalue weighted by Crippen LogP contribution is -2.00. The fourth-order valence-electron chi connectivity index (χ4n) is 5.26. The number of fused-ring (bicyclic) bond motifs is 6. The van der Waals surface area contributed by atoms with Gasteiger partial charge >= 0.3 is 0 Å². The highest BCUT2D eigenvalue weighted by atomic mass is 16.3. The van der Waals surface area contributed by atoms with E-state index >= 15 is 0 Å². The van der Waals surface area contributed by atoms with Gasteiger partial charge in [-0.3, -0.25) is 0 Å². The van der Waals surface area contributed by atoms with Gasteiger partial charge in [-0.25, -0.2) is 15.0 Å². The Morgan fingerprint density at radius 1 is 0.432 bits per heavy atom. The Kier molecular flexibility index (Phi) is 3.54. The highest BCUT2D eigenvalue weighted by molar-refractivity contribution is 6.09. The predicted molar refractivity (Wildman–Crippen MR) is 176 cm³/mol. The van der Waals surface area contributed by atoms with Crippen LogP contribution >= 0.6 is 0 Å². The molecule has 9 aromatic rings. The second kappa shape index (κ2) is 9.75. The van der Waals surface area contributed by atoms with Crippen LogP contribution in [0.4, 0.5) is 0 Å². The van der Waals surface area contributed by atoms with Crippen molar-refractivity contribution in [1.29, 1.82) is 0 Å². The van der Waals surface area contributed by atoms with Crippen LogP contribution in [0, 0.1) is 0 Å². The third-order valence-corrected chi connectivity index (χ3v) is 7.30. The Labute approximate surface area is 267 Å². The lowest BCUT2D eigenvalue weighted by Gasteiger charge is -2.09. The van der Waals surface area contributed by atoms with Crippen LogP contribution in [0.5, 0.6) is 0 Å². The summed E-state index contributed by atoms with van der Waals surface area (Å²) < 4.78 is 108. The summed E-state index contributed by atoms with van der Waals surface area (Å²) in [6.07, 6.45) is 0. The molecule has 0 amide bonds. The molecular formula is C39H23N3O2. The number of nitrogens with zero attached hydrogens (tertiary/aromatic N) is 3. The molecule has 0 unspecified atom stereocenters. The zero-order valence-electron chi connectivity index (χ0n) is 33.6. The number of aromatic nitrogens is 3. The molecule has 0 fully saturated rings. The van der Waals surface area contributed by atoms with Gasteiger partial charge in [0.2, 0.25) is 0 Å². The largest absolute Gasteiger partial charge is 0.456 e. The predicted octanol–water partition coefficient (Wildman–Crippen LogP) is 10.3. The van der Waals surface area contributed by atoms with Crippen LogP contribution in [-0.2, 0) is 0 Å². The maximum absolute atomic E-state index is 9.51. The van der Waals surface area contributed by atoms with Gasteiger partial charge in [-0.15, -0.1) is 0 Å². The molecule has 0 aliphatic heterocycles. The van der Waals surface area contributed by atoms with Crippen molar-refractivity contribution in [3.05, 3.63) is 139 Å². The molecule has 0 radical (unpaired) electrons. The Morgan fingerprint density at radius 2 is 1.09 bits per heavy atom. The van der Waals surface area contributed by atoms with E-state index in [1.54, 1.807) is 30.3 Å². The van der Waals surface area contributed by atoms with Gasteiger partial charge in [0.1, 0.15) is 22.3 Å². The van der Waals surface area contributed by atoms with Gasteiger partial charge in [-0.2, -0.15) is 0 Å². The van der Waals surface area contributed by atoms with E-state index in [1.165, 1.54) is 0 Å². The number of hydrogen-bond acceptors (Lipinski definition) is 5. The standard InChI is InChI=1S/C39H23N3O2/c1-3-10-24(11-4-1)26-18-20-34-31(22-26)32-23-27(19-21-35(32)43-34)38-40-37(25-12-5-2-6-13-25)41-39(42-38)30-16-9-15-29-28-14-7-8-17-33(28)44-36(29)30/h1-23H/i1D,3D,4D,10D,11D,18D,19D,20D,21D,22D,23D. The first-order valence-corrected chi connectivity index (χ1v) is 13.6. The van der Waals surface area contributed by atoms with E-state index in [9.17, 15) is 2.74 Å². The number of furan rings is 2. The van der Waals surface area contributed by atoms with E-state index in [1.807, 2.05) is 42.5 Å². The molecule has 0 saturated heterocycles. The van der Waals surface area contributed by atoms with Gasteiger partial charge in [-0.05, 0) is 53.5 Å². The Hall–Kier alpha value is -6.07. The lowest BCUT2D eigenvalue weighted by molar-refractivity contribution is 0.669. The molecule has 44 heavy (non-hydrogen) atoms. The average molecular weight is 577 g/mol. The van der Waals surface area contributed by atoms with Gasteiger partial charge in [0.05, 0.1) is 20.6 Å². The van der Waals surface area contributed by atoms with Crippen LogP contribution in [0.15, 0.2) is 148 Å². The molecule has 206 valence electrons. The second-order valence-corrected chi connectivity index (χ2v) is 9.96. The minimum absolute atomic E-state index is 0.141. The smallest absolute Gasteiger partial charge is 0.167 e. The maximum Gasteiger partial charge on any atom is 0.167 e. The Bertz CT molecular complexity index is 3100. The highest BCUT2D eigenvalue weighted by Crippen LogP contribution is 2.37. The molecule has 5 heteroatoms. The van der Waals surface area contributed by atoms with Gasteiger partial charge < -0.3 is 8.83 Å². The minimum atomic E-state index is -0.688. The van der Waals surface area contributed by atoms with Crippen LogP contribution in [0.3, 0.4) is 0 Å². The monoisotopic (exact) mass is 576 g/mol. The Balaban J connectivity index is 1.37. The molecule has 0 bridgehead atoms. The van der Waals surface area contributed by atoms with E-state index in [0.29, 0.717) is 22.3 Å². The molecule has 0 saturated carbocycles. The molecule has 0 N–H and O–H groups in total. The van der Waals surface area contributed by atoms with Crippen LogP contribution < -0.4 is 0 Å². The van der Waals surface area contributed by atoms with Gasteiger partial charge in [0.25, 0.3) is 0 Å². The maximum atomic E-state index is 9.51. The number of rotatable bonds is 4. The van der Waals surface area contributed by atoms with Crippen LogP contribution in [-0.4, -0.2) is 15.0 Å². The van der Waals surface area contributed by atoms with Crippen LogP contribution in [0.1, 0.15) is 15.1 Å². The molecule has 9 rings (SSSR count). The minimum Gasteiger partial charge on any atom is -0.456 e. The zero-order chi connectivity index (χ0) is 38.6. The van der Waals surface area contributed by atoms with Crippen molar-refractivity contribution in [2.75, 3.05) is 0 Å². The molecule has 5 nitrogen and oxygen atoms in total. The van der Waals surface area contributed by atoms with E-state index in [-0.39, 0.29) is 45.0 Å². The Morgan fingerprint density at radius 3 is 1.91 bits per heavy atom. The molecule has 0 atom stereocenters. The SMILES string of the molecule is [2H]c1c([2H])c([2H])c(-c2c([2H])c([2H])c3oc4c([2H])c([2H])c(-c5nc(-c6ccccc6)nc(-c6cccc7c6oc6ccccc67)n5)c([2H])c4c3c2[2H])c([2H])c1[2H]. The third-order valence-electron chi connectivity index (χ3n) is 7.30. The molecular weight excluding hydrogens is 542 g/mol. The van der Waals surface area contributed by atoms with E-state index < -0.39 is 77.6 Å². The first-order chi connectivity index (χ1) is 26.4. The fourth-order valence-corrected chi connectivity index (χ4v) is 5.26. The molecule has 3 heterocycles. The molecule has 0 spiro atoms. The summed E-state index contributed by atoms with van der Waals surface area (Å²) in [5.74, 6) is 0.221. The highest BCUT2D eigenvalue weighted by Gasteiger charge is 2.18. The van der Waals surface area contributed by atoms with Crippen molar-refractivity contribution in [3.63, 3.8) is 0 Å². The summed E-state index contributed by atoms with van der Waals surface area (Å²) in [5, 5.41) is 1.33. The number of benzene rings is 6. The normalized spacial score (nSPS) is 15.1. The summed E-state index contributed by atoms with van der Waals surface area (Å²) >= 11 is 0. The van der Waals surface area contributed by atoms with Crippen molar-refractivity contribution in [2.45, 2.75) is 0 Å². The first kappa shape index (κ1) is 16.0. The summed E-state index contributed by atoms with van der Waals surface area (Å²) in [7, 11) is 0. The third kappa shape index (κ3) is 3.98. The number of hydrogen-bond donors (Lipinski definition) is 0. The number of para-hydroxylation sites is 2. The quantitative estimate of drug-likeness (QED) is 0.209. The summed E-state index contributed by atoms with van der Waals surface area (Å²) in [4.78, 5) is 14.3. The summed E-state index contributed by atoms with van der Waals surface area (Å²) in [6.45, 7) is 0. The zero-order valence-corrected chi connectivity index (χ0v) is 22.6. The van der Waals surface area contributed by atoms with Crippen molar-refractivity contribution in [1.82, 2.24) is 15.0 Å². The molecule has 3 aromatic heterocycles. The van der Waals surface area contributed by atoms with E-state index in [2.05, 4.69) is 0 Å². The van der Waals surface area contributed by atoms with Crippen LogP contribution in [0.25, 0.3) is 89.2 Å². The first-order valence-electron chi connectivity index (χ1n) is 19.1. The molecule has 0 aliphatic carbocycles. The average Bonchev–Trinajstić information content (AvgIpc) is 3.80. The van der Waals surface area contributed by atoms with E-state index in [4.69, 9.17) is 36.1 Å². The molecule has 6 aromatic carbocycles. The van der Waals surface area contributed by atoms with Crippen molar-refractivity contribution >= 4 is 43.9 Å². The van der Waals surface area contributed by atoms with Crippen molar-refractivity contribution in [2.24, 2.45) is 0 Å². The van der Waals surface area contributed by atoms with Gasteiger partial charge in [0, 0.05) is 32.7 Å². The van der Waals surface area contributed by atoms with E-state index in [0.717, 1.165) is 10.8 Å². The lowest BCUT2D eigenvalue weighted by atomic mass is 10.0. The second-order valence-electron chi connectivity index (χ2n) is 9.96. The summed E-state index contributed by atoms with van der Waals surface area (Å²) in [5.41, 5.74) is 0.511. The van der Waals surface area contributed by atoms with Gasteiger partial charge in [-0.1, -0.05) is 96.9 Å². The summed E-state index contributed by atoms with van der Waals surface area (Å²) in [6, 6.07) is 15.5. The fraction of sp³-hybridized carbons (Fsp3) is 0. The topological polar surface area (TPSA) is 65.0 Å². The molecule has 0 aliphatic rings.